The monoisotopic (exact) mass is 339 g/mol. The number of aromatic nitrogens is 2. The van der Waals surface area contributed by atoms with E-state index in [1.165, 1.54) is 0 Å². The minimum absolute atomic E-state index is 0.175. The number of carbonyl (C=O) groups excluding carboxylic acids is 1. The minimum Gasteiger partial charge on any atom is -0.370 e. The van der Waals surface area contributed by atoms with Gasteiger partial charge in [0.15, 0.2) is 0 Å². The summed E-state index contributed by atoms with van der Waals surface area (Å²) in [5.74, 6) is 3.09. The third-order valence-electron chi connectivity index (χ3n) is 4.52. The molecule has 1 aliphatic heterocycles. The largest absolute Gasteiger partial charge is 0.370 e. The molecule has 1 aliphatic rings. The van der Waals surface area contributed by atoms with Crippen LogP contribution in [0.5, 0.6) is 0 Å². The van der Waals surface area contributed by atoms with E-state index in [-0.39, 0.29) is 5.91 Å². The molecule has 2 heterocycles. The Morgan fingerprint density at radius 3 is 2.52 bits per heavy atom. The highest BCUT2D eigenvalue weighted by atomic mass is 16.2. The molecule has 1 saturated heterocycles. The number of hydrogen-bond donors (Lipinski definition) is 2. The maximum atomic E-state index is 11.4. The van der Waals surface area contributed by atoms with Crippen LogP contribution < -0.4 is 10.6 Å². The summed E-state index contributed by atoms with van der Waals surface area (Å²) in [5, 5.41) is 6.74. The number of aryl methyl sites for hydroxylation is 1. The standard InChI is InChI=1S/C19H25N5O/c1-14-21-18(12-19(22-14)23-17-6-4-3-5-7-17)20-13-16-8-10-24(11-9-16)15(2)25/h3-7,12,16H,8-11,13H2,1-2H3,(H2,20,21,22,23). The molecule has 0 bridgehead atoms. The van der Waals surface area contributed by atoms with Crippen molar-refractivity contribution in [2.75, 3.05) is 30.3 Å². The average molecular weight is 339 g/mol. The van der Waals surface area contributed by atoms with Crippen molar-refractivity contribution >= 4 is 23.2 Å². The molecule has 1 aromatic heterocycles. The van der Waals surface area contributed by atoms with Crippen LogP contribution in [-0.2, 0) is 4.79 Å². The van der Waals surface area contributed by atoms with Gasteiger partial charge in [0.1, 0.15) is 17.5 Å². The Labute approximate surface area is 148 Å². The number of para-hydroxylation sites is 1. The molecular formula is C19H25N5O. The number of piperidine rings is 1. The van der Waals surface area contributed by atoms with E-state index < -0.39 is 0 Å². The van der Waals surface area contributed by atoms with Gasteiger partial charge in [-0.2, -0.15) is 0 Å². The zero-order valence-electron chi connectivity index (χ0n) is 14.8. The number of benzene rings is 1. The third kappa shape index (κ3) is 4.92. The van der Waals surface area contributed by atoms with Crippen molar-refractivity contribution in [2.45, 2.75) is 26.7 Å². The second-order valence-electron chi connectivity index (χ2n) is 6.51. The van der Waals surface area contributed by atoms with Crippen LogP contribution in [-0.4, -0.2) is 40.4 Å². The van der Waals surface area contributed by atoms with Crippen molar-refractivity contribution in [3.63, 3.8) is 0 Å². The summed E-state index contributed by atoms with van der Waals surface area (Å²) >= 11 is 0. The lowest BCUT2D eigenvalue weighted by molar-refractivity contribution is -0.130. The van der Waals surface area contributed by atoms with E-state index in [0.717, 1.165) is 55.6 Å². The summed E-state index contributed by atoms with van der Waals surface area (Å²) < 4.78 is 0. The topological polar surface area (TPSA) is 70.2 Å². The van der Waals surface area contributed by atoms with E-state index in [0.29, 0.717) is 5.92 Å². The number of nitrogens with one attached hydrogen (secondary N) is 2. The van der Waals surface area contributed by atoms with Gasteiger partial charge < -0.3 is 15.5 Å². The molecule has 1 aromatic carbocycles. The Kier molecular flexibility index (Phi) is 5.48. The Morgan fingerprint density at radius 1 is 1.16 bits per heavy atom. The molecule has 25 heavy (non-hydrogen) atoms. The molecule has 0 radical (unpaired) electrons. The van der Waals surface area contributed by atoms with Crippen LogP contribution in [0.1, 0.15) is 25.6 Å². The maximum absolute atomic E-state index is 11.4. The number of carbonyl (C=O) groups is 1. The molecule has 6 heteroatoms. The number of amides is 1. The number of nitrogens with zero attached hydrogens (tertiary/aromatic N) is 3. The van der Waals surface area contributed by atoms with Crippen molar-refractivity contribution < 1.29 is 4.79 Å². The number of hydrogen-bond acceptors (Lipinski definition) is 5. The van der Waals surface area contributed by atoms with E-state index in [2.05, 4.69) is 20.6 Å². The molecule has 3 rings (SSSR count). The molecule has 1 fully saturated rings. The summed E-state index contributed by atoms with van der Waals surface area (Å²) in [4.78, 5) is 22.2. The number of rotatable bonds is 5. The van der Waals surface area contributed by atoms with Crippen LogP contribution in [0.15, 0.2) is 36.4 Å². The first kappa shape index (κ1) is 17.2. The molecule has 2 N–H and O–H groups in total. The number of likely N-dealkylation sites (tertiary alicyclic amines) is 1. The molecule has 2 aromatic rings. The summed E-state index contributed by atoms with van der Waals surface area (Å²) in [6, 6.07) is 11.9. The average Bonchev–Trinajstić information content (AvgIpc) is 2.61. The molecule has 0 spiro atoms. The van der Waals surface area contributed by atoms with Crippen LogP contribution in [0.2, 0.25) is 0 Å². The Bertz CT molecular complexity index is 711. The highest BCUT2D eigenvalue weighted by Gasteiger charge is 2.20. The van der Waals surface area contributed by atoms with Gasteiger partial charge in [0.25, 0.3) is 0 Å². The minimum atomic E-state index is 0.175. The van der Waals surface area contributed by atoms with Gasteiger partial charge in [0, 0.05) is 38.3 Å². The summed E-state index contributed by atoms with van der Waals surface area (Å²) in [6.45, 7) is 6.11. The van der Waals surface area contributed by atoms with Crippen molar-refractivity contribution in [2.24, 2.45) is 5.92 Å². The zero-order chi connectivity index (χ0) is 17.6. The predicted molar refractivity (Wildman–Crippen MR) is 100.0 cm³/mol. The fourth-order valence-corrected chi connectivity index (χ4v) is 3.09. The zero-order valence-corrected chi connectivity index (χ0v) is 14.8. The molecule has 132 valence electrons. The smallest absolute Gasteiger partial charge is 0.219 e. The van der Waals surface area contributed by atoms with Crippen LogP contribution >= 0.6 is 0 Å². The third-order valence-corrected chi connectivity index (χ3v) is 4.52. The lowest BCUT2D eigenvalue weighted by Crippen LogP contribution is -2.38. The highest BCUT2D eigenvalue weighted by Crippen LogP contribution is 2.20. The van der Waals surface area contributed by atoms with E-state index in [1.54, 1.807) is 6.92 Å². The molecule has 0 atom stereocenters. The normalized spacial score (nSPS) is 15.0. The van der Waals surface area contributed by atoms with Crippen molar-refractivity contribution in [3.8, 4) is 0 Å². The van der Waals surface area contributed by atoms with Gasteiger partial charge in [-0.05, 0) is 37.8 Å². The van der Waals surface area contributed by atoms with Gasteiger partial charge >= 0.3 is 0 Å². The quantitative estimate of drug-likeness (QED) is 0.875. The van der Waals surface area contributed by atoms with Gasteiger partial charge in [0.05, 0.1) is 0 Å². The van der Waals surface area contributed by atoms with Gasteiger partial charge in [-0.3, -0.25) is 4.79 Å². The summed E-state index contributed by atoms with van der Waals surface area (Å²) in [6.07, 6.45) is 2.07. The fraction of sp³-hybridized carbons (Fsp3) is 0.421. The summed E-state index contributed by atoms with van der Waals surface area (Å²) in [7, 11) is 0. The van der Waals surface area contributed by atoms with Gasteiger partial charge in [-0.1, -0.05) is 18.2 Å². The molecule has 0 unspecified atom stereocenters. The Hall–Kier alpha value is -2.63. The first-order valence-electron chi connectivity index (χ1n) is 8.77. The molecular weight excluding hydrogens is 314 g/mol. The Morgan fingerprint density at radius 2 is 1.84 bits per heavy atom. The lowest BCUT2D eigenvalue weighted by Gasteiger charge is -2.31. The molecule has 6 nitrogen and oxygen atoms in total. The van der Waals surface area contributed by atoms with E-state index in [9.17, 15) is 4.79 Å². The molecule has 0 aliphatic carbocycles. The van der Waals surface area contributed by atoms with E-state index in [4.69, 9.17) is 0 Å². The predicted octanol–water partition coefficient (Wildman–Crippen LogP) is 3.20. The van der Waals surface area contributed by atoms with Crippen molar-refractivity contribution in [3.05, 3.63) is 42.2 Å². The second kappa shape index (κ2) is 7.96. The maximum Gasteiger partial charge on any atom is 0.219 e. The van der Waals surface area contributed by atoms with Crippen LogP contribution in [0.3, 0.4) is 0 Å². The van der Waals surface area contributed by atoms with Crippen LogP contribution in [0, 0.1) is 12.8 Å². The van der Waals surface area contributed by atoms with Crippen molar-refractivity contribution in [1.82, 2.24) is 14.9 Å². The van der Waals surface area contributed by atoms with E-state index >= 15 is 0 Å². The van der Waals surface area contributed by atoms with Crippen LogP contribution in [0.25, 0.3) is 0 Å². The SMILES string of the molecule is CC(=O)N1CCC(CNc2cc(Nc3ccccc3)nc(C)n2)CC1. The Balaban J connectivity index is 1.57. The molecule has 0 saturated carbocycles. The first-order chi connectivity index (χ1) is 12.1. The first-order valence-corrected chi connectivity index (χ1v) is 8.77. The van der Waals surface area contributed by atoms with Gasteiger partial charge in [-0.25, -0.2) is 9.97 Å². The lowest BCUT2D eigenvalue weighted by atomic mass is 9.97. The van der Waals surface area contributed by atoms with Gasteiger partial charge in [0.2, 0.25) is 5.91 Å². The highest BCUT2D eigenvalue weighted by molar-refractivity contribution is 5.73. The number of anilines is 3. The summed E-state index contributed by atoms with van der Waals surface area (Å²) in [5.41, 5.74) is 1.00. The second-order valence-corrected chi connectivity index (χ2v) is 6.51. The van der Waals surface area contributed by atoms with Crippen molar-refractivity contribution in [1.29, 1.82) is 0 Å². The van der Waals surface area contributed by atoms with E-state index in [1.807, 2.05) is 48.2 Å². The van der Waals surface area contributed by atoms with Crippen LogP contribution in [0.4, 0.5) is 17.3 Å². The fourth-order valence-electron chi connectivity index (χ4n) is 3.09. The van der Waals surface area contributed by atoms with Gasteiger partial charge in [-0.15, -0.1) is 0 Å². The molecule has 1 amide bonds.